The summed E-state index contributed by atoms with van der Waals surface area (Å²) in [5, 5.41) is 0.683. The lowest BCUT2D eigenvalue weighted by Crippen LogP contribution is -2.17. The SMILES string of the molecule is COCC(C)Oc1cccc(Cl)c1. The van der Waals surface area contributed by atoms with Crippen LogP contribution in [0.4, 0.5) is 0 Å². The number of hydrogen-bond acceptors (Lipinski definition) is 2. The highest BCUT2D eigenvalue weighted by Crippen LogP contribution is 2.18. The van der Waals surface area contributed by atoms with Gasteiger partial charge < -0.3 is 9.47 Å². The van der Waals surface area contributed by atoms with Crippen LogP contribution in [0.25, 0.3) is 0 Å². The van der Waals surface area contributed by atoms with E-state index in [1.165, 1.54) is 0 Å². The van der Waals surface area contributed by atoms with Crippen LogP contribution in [0.3, 0.4) is 0 Å². The van der Waals surface area contributed by atoms with E-state index in [0.29, 0.717) is 11.6 Å². The number of benzene rings is 1. The summed E-state index contributed by atoms with van der Waals surface area (Å²) >= 11 is 5.79. The maximum absolute atomic E-state index is 5.79. The van der Waals surface area contributed by atoms with Crippen LogP contribution in [0.1, 0.15) is 6.92 Å². The molecule has 0 amide bonds. The minimum absolute atomic E-state index is 0.0449. The van der Waals surface area contributed by atoms with E-state index in [9.17, 15) is 0 Å². The molecule has 1 unspecified atom stereocenters. The average Bonchev–Trinajstić information content (AvgIpc) is 2.04. The van der Waals surface area contributed by atoms with Crippen LogP contribution in [-0.4, -0.2) is 19.8 Å². The molecule has 0 fully saturated rings. The third kappa shape index (κ3) is 3.66. The van der Waals surface area contributed by atoms with Gasteiger partial charge in [0.05, 0.1) is 6.61 Å². The van der Waals surface area contributed by atoms with Crippen LogP contribution in [0.2, 0.25) is 5.02 Å². The summed E-state index contributed by atoms with van der Waals surface area (Å²) in [5.74, 6) is 0.775. The Morgan fingerprint density at radius 1 is 1.46 bits per heavy atom. The second-order valence-electron chi connectivity index (χ2n) is 2.84. The molecule has 1 aromatic rings. The van der Waals surface area contributed by atoms with Crippen LogP contribution < -0.4 is 4.74 Å². The number of hydrogen-bond donors (Lipinski definition) is 0. The largest absolute Gasteiger partial charge is 0.488 e. The molecule has 13 heavy (non-hydrogen) atoms. The second kappa shape index (κ2) is 5.10. The molecule has 1 rings (SSSR count). The van der Waals surface area contributed by atoms with Gasteiger partial charge >= 0.3 is 0 Å². The van der Waals surface area contributed by atoms with E-state index >= 15 is 0 Å². The first-order valence-electron chi connectivity index (χ1n) is 4.13. The normalized spacial score (nSPS) is 12.5. The number of methoxy groups -OCH3 is 1. The Hall–Kier alpha value is -0.730. The van der Waals surface area contributed by atoms with Crippen LogP contribution >= 0.6 is 11.6 Å². The molecule has 0 saturated carbocycles. The highest BCUT2D eigenvalue weighted by molar-refractivity contribution is 6.30. The minimum atomic E-state index is 0.0449. The van der Waals surface area contributed by atoms with Crippen molar-refractivity contribution in [2.24, 2.45) is 0 Å². The zero-order valence-corrected chi connectivity index (χ0v) is 8.54. The van der Waals surface area contributed by atoms with Crippen molar-refractivity contribution in [2.75, 3.05) is 13.7 Å². The highest BCUT2D eigenvalue weighted by Gasteiger charge is 2.02. The zero-order valence-electron chi connectivity index (χ0n) is 7.79. The molecule has 0 aliphatic carbocycles. The topological polar surface area (TPSA) is 18.5 Å². The van der Waals surface area contributed by atoms with Crippen molar-refractivity contribution in [1.29, 1.82) is 0 Å². The zero-order chi connectivity index (χ0) is 9.68. The van der Waals surface area contributed by atoms with Crippen molar-refractivity contribution < 1.29 is 9.47 Å². The van der Waals surface area contributed by atoms with E-state index in [0.717, 1.165) is 5.75 Å². The molecule has 1 aromatic carbocycles. The predicted molar refractivity (Wildman–Crippen MR) is 53.4 cm³/mol. The number of halogens is 1. The lowest BCUT2D eigenvalue weighted by molar-refractivity contribution is 0.0921. The molecule has 0 spiro atoms. The maximum atomic E-state index is 5.79. The van der Waals surface area contributed by atoms with E-state index in [1.807, 2.05) is 25.1 Å². The third-order valence-electron chi connectivity index (χ3n) is 1.53. The van der Waals surface area contributed by atoms with Crippen LogP contribution in [0, 0.1) is 0 Å². The molecule has 2 nitrogen and oxygen atoms in total. The molecular weight excluding hydrogens is 188 g/mol. The van der Waals surface area contributed by atoms with Crippen molar-refractivity contribution in [3.8, 4) is 5.75 Å². The smallest absolute Gasteiger partial charge is 0.121 e. The Bertz CT molecular complexity index is 263. The van der Waals surface area contributed by atoms with Gasteiger partial charge in [0.2, 0.25) is 0 Å². The Morgan fingerprint density at radius 3 is 2.85 bits per heavy atom. The van der Waals surface area contributed by atoms with Crippen LogP contribution in [0.5, 0.6) is 5.75 Å². The van der Waals surface area contributed by atoms with Crippen molar-refractivity contribution >= 4 is 11.6 Å². The van der Waals surface area contributed by atoms with Gasteiger partial charge in [0, 0.05) is 12.1 Å². The fourth-order valence-electron chi connectivity index (χ4n) is 1.04. The van der Waals surface area contributed by atoms with E-state index < -0.39 is 0 Å². The van der Waals surface area contributed by atoms with Gasteiger partial charge in [-0.25, -0.2) is 0 Å². The lowest BCUT2D eigenvalue weighted by atomic mass is 10.3. The molecule has 72 valence electrons. The fraction of sp³-hybridized carbons (Fsp3) is 0.400. The van der Waals surface area contributed by atoms with Crippen LogP contribution in [0.15, 0.2) is 24.3 Å². The predicted octanol–water partition coefficient (Wildman–Crippen LogP) is 2.75. The first kappa shape index (κ1) is 10.4. The number of ether oxygens (including phenoxy) is 2. The molecule has 0 aliphatic heterocycles. The monoisotopic (exact) mass is 200 g/mol. The molecule has 0 saturated heterocycles. The third-order valence-corrected chi connectivity index (χ3v) is 1.77. The molecule has 0 radical (unpaired) electrons. The van der Waals surface area contributed by atoms with E-state index in [4.69, 9.17) is 21.1 Å². The van der Waals surface area contributed by atoms with Crippen molar-refractivity contribution in [3.05, 3.63) is 29.3 Å². The van der Waals surface area contributed by atoms with E-state index in [1.54, 1.807) is 13.2 Å². The Labute approximate surface area is 83.4 Å². The minimum Gasteiger partial charge on any atom is -0.488 e. The van der Waals surface area contributed by atoms with E-state index in [2.05, 4.69) is 0 Å². The van der Waals surface area contributed by atoms with Gasteiger partial charge in [0.1, 0.15) is 11.9 Å². The summed E-state index contributed by atoms with van der Waals surface area (Å²) in [6.45, 7) is 2.52. The molecule has 0 aliphatic rings. The van der Waals surface area contributed by atoms with Gasteiger partial charge in [-0.3, -0.25) is 0 Å². The van der Waals surface area contributed by atoms with Crippen molar-refractivity contribution in [1.82, 2.24) is 0 Å². The standard InChI is InChI=1S/C10H13ClO2/c1-8(7-12-2)13-10-5-3-4-9(11)6-10/h3-6,8H,7H2,1-2H3. The van der Waals surface area contributed by atoms with Gasteiger partial charge in [0.15, 0.2) is 0 Å². The van der Waals surface area contributed by atoms with Gasteiger partial charge in [0.25, 0.3) is 0 Å². The summed E-state index contributed by atoms with van der Waals surface area (Å²) in [4.78, 5) is 0. The van der Waals surface area contributed by atoms with Gasteiger partial charge in [-0.05, 0) is 25.1 Å². The second-order valence-corrected chi connectivity index (χ2v) is 3.28. The van der Waals surface area contributed by atoms with Crippen molar-refractivity contribution in [2.45, 2.75) is 13.0 Å². The molecule has 0 heterocycles. The molecule has 0 N–H and O–H groups in total. The average molecular weight is 201 g/mol. The quantitative estimate of drug-likeness (QED) is 0.744. The summed E-state index contributed by atoms with van der Waals surface area (Å²) in [5.41, 5.74) is 0. The maximum Gasteiger partial charge on any atom is 0.121 e. The first-order valence-corrected chi connectivity index (χ1v) is 4.51. The fourth-order valence-corrected chi connectivity index (χ4v) is 1.22. The Kier molecular flexibility index (Phi) is 4.06. The molecule has 0 bridgehead atoms. The molecular formula is C10H13ClO2. The molecule has 0 aromatic heterocycles. The molecule has 1 atom stereocenters. The van der Waals surface area contributed by atoms with Gasteiger partial charge in [-0.2, -0.15) is 0 Å². The highest BCUT2D eigenvalue weighted by atomic mass is 35.5. The number of rotatable bonds is 4. The molecule has 3 heteroatoms. The summed E-state index contributed by atoms with van der Waals surface area (Å²) in [7, 11) is 1.65. The van der Waals surface area contributed by atoms with Gasteiger partial charge in [-0.15, -0.1) is 0 Å². The summed E-state index contributed by atoms with van der Waals surface area (Å²) in [6.07, 6.45) is 0.0449. The lowest BCUT2D eigenvalue weighted by Gasteiger charge is -2.13. The summed E-state index contributed by atoms with van der Waals surface area (Å²) < 4.78 is 10.5. The van der Waals surface area contributed by atoms with Crippen molar-refractivity contribution in [3.63, 3.8) is 0 Å². The van der Waals surface area contributed by atoms with Crippen LogP contribution in [-0.2, 0) is 4.74 Å². The van der Waals surface area contributed by atoms with E-state index in [-0.39, 0.29) is 6.10 Å². The van der Waals surface area contributed by atoms with Gasteiger partial charge in [-0.1, -0.05) is 17.7 Å². The Balaban J connectivity index is 2.53. The Morgan fingerprint density at radius 2 is 2.23 bits per heavy atom. The summed E-state index contributed by atoms with van der Waals surface area (Å²) in [6, 6.07) is 7.33. The first-order chi connectivity index (χ1) is 6.22.